The van der Waals surface area contributed by atoms with E-state index >= 15 is 0 Å². The van der Waals surface area contributed by atoms with Crippen molar-refractivity contribution >= 4 is 16.9 Å². The number of nitrogens with zero attached hydrogens (tertiary/aromatic N) is 2. The molecule has 0 spiro atoms. The maximum atomic E-state index is 12.0. The van der Waals surface area contributed by atoms with Crippen LogP contribution in [0.5, 0.6) is 0 Å². The Bertz CT molecular complexity index is 683. The van der Waals surface area contributed by atoms with Crippen LogP contribution < -0.4 is 5.56 Å². The van der Waals surface area contributed by atoms with Crippen molar-refractivity contribution in [1.82, 2.24) is 14.9 Å². The van der Waals surface area contributed by atoms with E-state index in [4.69, 9.17) is 9.84 Å². The number of methoxy groups -OCH3 is 1. The number of aliphatic carboxylic acids is 1. The number of carboxylic acids is 1. The Morgan fingerprint density at radius 3 is 2.90 bits per heavy atom. The van der Waals surface area contributed by atoms with E-state index in [2.05, 4.69) is 9.97 Å². The molecular weight excluding hydrogens is 274 g/mol. The molecule has 0 unspecified atom stereocenters. The first kappa shape index (κ1) is 15.1. The number of aromatic nitrogens is 2. The number of rotatable bonds is 7. The van der Waals surface area contributed by atoms with E-state index in [1.165, 1.54) is 0 Å². The molecule has 0 aliphatic carbocycles. The number of H-pyrrole nitrogens is 1. The monoisotopic (exact) mass is 291 g/mol. The highest BCUT2D eigenvalue weighted by Crippen LogP contribution is 2.07. The van der Waals surface area contributed by atoms with Gasteiger partial charge in [-0.3, -0.25) is 14.5 Å². The van der Waals surface area contributed by atoms with Crippen LogP contribution in [-0.2, 0) is 16.1 Å². The molecule has 0 aliphatic rings. The Labute approximate surface area is 121 Å². The molecular formula is C14H17N3O4. The van der Waals surface area contributed by atoms with Gasteiger partial charge in [-0.15, -0.1) is 0 Å². The van der Waals surface area contributed by atoms with E-state index in [1.54, 1.807) is 36.3 Å². The van der Waals surface area contributed by atoms with Crippen LogP contribution in [-0.4, -0.2) is 52.7 Å². The van der Waals surface area contributed by atoms with E-state index in [9.17, 15) is 9.59 Å². The molecule has 7 heteroatoms. The lowest BCUT2D eigenvalue weighted by atomic mass is 10.2. The van der Waals surface area contributed by atoms with Gasteiger partial charge in [0.15, 0.2) is 0 Å². The Morgan fingerprint density at radius 2 is 2.19 bits per heavy atom. The average molecular weight is 291 g/mol. The van der Waals surface area contributed by atoms with E-state index < -0.39 is 5.97 Å². The molecule has 0 amide bonds. The number of carboxylic acid groups (broad SMARTS) is 1. The molecule has 1 aromatic carbocycles. The standard InChI is InChI=1S/C14H17N3O4/c1-21-7-6-17(9-13(18)19)8-12-15-11-5-3-2-4-10(11)14(20)16-12/h2-5H,6-9H2,1H3,(H,18,19)(H,15,16,20). The first-order valence-corrected chi connectivity index (χ1v) is 6.51. The third-order valence-corrected chi connectivity index (χ3v) is 3.01. The molecule has 2 N–H and O–H groups in total. The van der Waals surface area contributed by atoms with Crippen molar-refractivity contribution in [2.75, 3.05) is 26.8 Å². The highest BCUT2D eigenvalue weighted by molar-refractivity contribution is 5.77. The summed E-state index contributed by atoms with van der Waals surface area (Å²) >= 11 is 0. The Kier molecular flexibility index (Phi) is 5.02. The van der Waals surface area contributed by atoms with Crippen LogP contribution in [0.3, 0.4) is 0 Å². The second-order valence-corrected chi connectivity index (χ2v) is 4.63. The summed E-state index contributed by atoms with van der Waals surface area (Å²) < 4.78 is 4.96. The molecule has 0 radical (unpaired) electrons. The number of fused-ring (bicyclic) bond motifs is 1. The number of benzene rings is 1. The highest BCUT2D eigenvalue weighted by atomic mass is 16.5. The molecule has 0 aliphatic heterocycles. The summed E-state index contributed by atoms with van der Waals surface area (Å²) in [7, 11) is 1.55. The zero-order valence-electron chi connectivity index (χ0n) is 11.7. The molecule has 0 atom stereocenters. The van der Waals surface area contributed by atoms with Crippen LogP contribution in [0.1, 0.15) is 5.82 Å². The molecule has 2 aromatic rings. The van der Waals surface area contributed by atoms with Gasteiger partial charge >= 0.3 is 5.97 Å². The van der Waals surface area contributed by atoms with E-state index in [0.29, 0.717) is 29.9 Å². The van der Waals surface area contributed by atoms with Crippen LogP contribution >= 0.6 is 0 Å². The first-order chi connectivity index (χ1) is 10.1. The second kappa shape index (κ2) is 6.96. The lowest BCUT2D eigenvalue weighted by molar-refractivity contribution is -0.138. The molecule has 1 aromatic heterocycles. The van der Waals surface area contributed by atoms with E-state index in [1.807, 2.05) is 0 Å². The lowest BCUT2D eigenvalue weighted by Crippen LogP contribution is -2.33. The first-order valence-electron chi connectivity index (χ1n) is 6.51. The van der Waals surface area contributed by atoms with Gasteiger partial charge in [-0.05, 0) is 12.1 Å². The van der Waals surface area contributed by atoms with Gasteiger partial charge in [0.05, 0.1) is 30.6 Å². The van der Waals surface area contributed by atoms with Crippen molar-refractivity contribution in [1.29, 1.82) is 0 Å². The van der Waals surface area contributed by atoms with E-state index in [0.717, 1.165) is 0 Å². The lowest BCUT2D eigenvalue weighted by Gasteiger charge is -2.19. The number of hydrogen-bond donors (Lipinski definition) is 2. The zero-order chi connectivity index (χ0) is 15.2. The van der Waals surface area contributed by atoms with Crippen LogP contribution in [0.2, 0.25) is 0 Å². The number of carbonyl (C=O) groups is 1. The van der Waals surface area contributed by atoms with Crippen LogP contribution in [0.25, 0.3) is 10.9 Å². The number of hydrogen-bond acceptors (Lipinski definition) is 5. The summed E-state index contributed by atoms with van der Waals surface area (Å²) in [6, 6.07) is 7.03. The fourth-order valence-electron chi connectivity index (χ4n) is 2.05. The predicted octanol–water partition coefficient (Wildman–Crippen LogP) is 0.456. The molecule has 2 rings (SSSR count). The predicted molar refractivity (Wildman–Crippen MR) is 77.2 cm³/mol. The van der Waals surface area contributed by atoms with Gasteiger partial charge in [-0.25, -0.2) is 4.98 Å². The maximum Gasteiger partial charge on any atom is 0.317 e. The third-order valence-electron chi connectivity index (χ3n) is 3.01. The van der Waals surface area contributed by atoms with Gasteiger partial charge in [-0.2, -0.15) is 0 Å². The Balaban J connectivity index is 2.23. The van der Waals surface area contributed by atoms with Gasteiger partial charge in [-0.1, -0.05) is 12.1 Å². The summed E-state index contributed by atoms with van der Waals surface area (Å²) in [6.45, 7) is 0.958. The van der Waals surface area contributed by atoms with Gasteiger partial charge < -0.3 is 14.8 Å². The number of nitrogens with one attached hydrogen (secondary N) is 1. The molecule has 0 fully saturated rings. The smallest absolute Gasteiger partial charge is 0.317 e. The number of aromatic amines is 1. The van der Waals surface area contributed by atoms with Gasteiger partial charge in [0.2, 0.25) is 0 Å². The molecule has 112 valence electrons. The summed E-state index contributed by atoms with van der Waals surface area (Å²) in [6.07, 6.45) is 0. The average Bonchev–Trinajstić information content (AvgIpc) is 2.44. The second-order valence-electron chi connectivity index (χ2n) is 4.63. The number of ether oxygens (including phenoxy) is 1. The Morgan fingerprint density at radius 1 is 1.43 bits per heavy atom. The quantitative estimate of drug-likeness (QED) is 0.769. The van der Waals surface area contributed by atoms with Crippen molar-refractivity contribution in [3.05, 3.63) is 40.4 Å². The van der Waals surface area contributed by atoms with Crippen molar-refractivity contribution in [2.24, 2.45) is 0 Å². The molecule has 7 nitrogen and oxygen atoms in total. The van der Waals surface area contributed by atoms with Crippen molar-refractivity contribution in [3.63, 3.8) is 0 Å². The molecule has 1 heterocycles. The summed E-state index contributed by atoms with van der Waals surface area (Å²) in [5.74, 6) is -0.495. The number of para-hydroxylation sites is 1. The largest absolute Gasteiger partial charge is 0.480 e. The van der Waals surface area contributed by atoms with Crippen LogP contribution in [0.15, 0.2) is 29.1 Å². The van der Waals surface area contributed by atoms with Gasteiger partial charge in [0.1, 0.15) is 5.82 Å². The Hall–Kier alpha value is -2.25. The molecule has 0 saturated heterocycles. The zero-order valence-corrected chi connectivity index (χ0v) is 11.7. The van der Waals surface area contributed by atoms with Crippen molar-refractivity contribution in [2.45, 2.75) is 6.54 Å². The summed E-state index contributed by atoms with van der Waals surface area (Å²) in [5.41, 5.74) is 0.371. The van der Waals surface area contributed by atoms with Crippen LogP contribution in [0, 0.1) is 0 Å². The van der Waals surface area contributed by atoms with Gasteiger partial charge in [0.25, 0.3) is 5.56 Å². The molecule has 21 heavy (non-hydrogen) atoms. The molecule has 0 saturated carbocycles. The SMILES string of the molecule is COCCN(CC(=O)O)Cc1nc2ccccc2c(=O)[nH]1. The van der Waals surface area contributed by atoms with Crippen LogP contribution in [0.4, 0.5) is 0 Å². The van der Waals surface area contributed by atoms with Crippen molar-refractivity contribution < 1.29 is 14.6 Å². The summed E-state index contributed by atoms with van der Waals surface area (Å²) in [5, 5.41) is 9.43. The maximum absolute atomic E-state index is 12.0. The minimum absolute atomic E-state index is 0.139. The minimum atomic E-state index is -0.936. The topological polar surface area (TPSA) is 95.5 Å². The normalized spacial score (nSPS) is 11.1. The fraction of sp³-hybridized carbons (Fsp3) is 0.357. The minimum Gasteiger partial charge on any atom is -0.480 e. The van der Waals surface area contributed by atoms with Crippen molar-refractivity contribution in [3.8, 4) is 0 Å². The summed E-state index contributed by atoms with van der Waals surface area (Å²) in [4.78, 5) is 31.5. The van der Waals surface area contributed by atoms with E-state index in [-0.39, 0.29) is 18.6 Å². The highest BCUT2D eigenvalue weighted by Gasteiger charge is 2.12. The van der Waals surface area contributed by atoms with Gasteiger partial charge in [0, 0.05) is 13.7 Å². The molecule has 0 bridgehead atoms. The fourth-order valence-corrected chi connectivity index (χ4v) is 2.05. The third kappa shape index (κ3) is 4.11.